The van der Waals surface area contributed by atoms with Gasteiger partial charge >= 0.3 is 0 Å². The van der Waals surface area contributed by atoms with Crippen molar-refractivity contribution < 1.29 is 5.11 Å². The van der Waals surface area contributed by atoms with Crippen molar-refractivity contribution in [1.29, 1.82) is 0 Å². The summed E-state index contributed by atoms with van der Waals surface area (Å²) in [6, 6.07) is 1.80. The van der Waals surface area contributed by atoms with Crippen LogP contribution in [0.4, 0.5) is 5.82 Å². The Kier molecular flexibility index (Phi) is 3.19. The Morgan fingerprint density at radius 3 is 2.87 bits per heavy atom. The summed E-state index contributed by atoms with van der Waals surface area (Å²) in [6.07, 6.45) is 3.77. The van der Waals surface area contributed by atoms with Crippen molar-refractivity contribution in [3.05, 3.63) is 21.8 Å². The number of anilines is 1. The minimum Gasteiger partial charge on any atom is -0.396 e. The predicted molar refractivity (Wildman–Crippen MR) is 64.2 cm³/mol. The molecule has 0 spiro atoms. The van der Waals surface area contributed by atoms with Gasteiger partial charge in [0.15, 0.2) is 0 Å². The van der Waals surface area contributed by atoms with Gasteiger partial charge in [0.1, 0.15) is 5.82 Å². The molecule has 0 aromatic carbocycles. The van der Waals surface area contributed by atoms with Gasteiger partial charge in [0.05, 0.1) is 16.1 Å². The van der Waals surface area contributed by atoms with Crippen molar-refractivity contribution >= 4 is 33.3 Å². The molecule has 1 aliphatic carbocycles. The van der Waals surface area contributed by atoms with Gasteiger partial charge in [-0.25, -0.2) is 4.98 Å². The molecule has 2 N–H and O–H groups in total. The summed E-state index contributed by atoms with van der Waals surface area (Å²) in [5, 5.41) is 13.0. The quantitative estimate of drug-likeness (QED) is 0.896. The van der Waals surface area contributed by atoms with Crippen LogP contribution in [0.5, 0.6) is 0 Å². The van der Waals surface area contributed by atoms with Crippen LogP contribution in [0, 0.1) is 5.41 Å². The van der Waals surface area contributed by atoms with E-state index >= 15 is 0 Å². The fraction of sp³-hybridized carbons (Fsp3) is 0.500. The van der Waals surface area contributed by atoms with E-state index in [1.807, 2.05) is 0 Å². The van der Waals surface area contributed by atoms with Crippen molar-refractivity contribution in [2.24, 2.45) is 5.41 Å². The Labute approximate surface area is 102 Å². The molecule has 0 aliphatic heterocycles. The van der Waals surface area contributed by atoms with Crippen molar-refractivity contribution in [2.75, 3.05) is 18.5 Å². The predicted octanol–water partition coefficient (Wildman–Crippen LogP) is 2.68. The zero-order valence-corrected chi connectivity index (χ0v) is 10.5. The Morgan fingerprint density at radius 2 is 2.33 bits per heavy atom. The first-order valence-electron chi connectivity index (χ1n) is 4.81. The van der Waals surface area contributed by atoms with Crippen LogP contribution in [0.2, 0.25) is 5.02 Å². The van der Waals surface area contributed by atoms with Gasteiger partial charge < -0.3 is 10.4 Å². The standard InChI is InChI=1S/C10H12BrClN2O/c11-8-3-7(12)4-13-9(8)14-5-10(6-15)1-2-10/h3-4,15H,1-2,5-6H2,(H,13,14). The smallest absolute Gasteiger partial charge is 0.140 e. The summed E-state index contributed by atoms with van der Waals surface area (Å²) in [5.41, 5.74) is 0.0841. The van der Waals surface area contributed by atoms with Crippen LogP contribution in [0.25, 0.3) is 0 Å². The summed E-state index contributed by atoms with van der Waals surface area (Å²) >= 11 is 9.17. The van der Waals surface area contributed by atoms with Crippen LogP contribution in [-0.4, -0.2) is 23.2 Å². The van der Waals surface area contributed by atoms with Gasteiger partial charge in [-0.1, -0.05) is 11.6 Å². The lowest BCUT2D eigenvalue weighted by Gasteiger charge is -2.14. The van der Waals surface area contributed by atoms with Crippen molar-refractivity contribution in [1.82, 2.24) is 4.98 Å². The second-order valence-corrected chi connectivity index (χ2v) is 5.29. The van der Waals surface area contributed by atoms with Gasteiger partial charge in [-0.05, 0) is 34.8 Å². The number of rotatable bonds is 4. The summed E-state index contributed by atoms with van der Waals surface area (Å²) in [4.78, 5) is 4.17. The van der Waals surface area contributed by atoms with E-state index in [1.165, 1.54) is 0 Å². The summed E-state index contributed by atoms with van der Waals surface area (Å²) in [5.74, 6) is 0.777. The largest absolute Gasteiger partial charge is 0.396 e. The van der Waals surface area contributed by atoms with Crippen molar-refractivity contribution in [3.8, 4) is 0 Å². The first-order valence-corrected chi connectivity index (χ1v) is 5.98. The monoisotopic (exact) mass is 290 g/mol. The van der Waals surface area contributed by atoms with Crippen LogP contribution in [0.1, 0.15) is 12.8 Å². The molecule has 1 saturated carbocycles. The molecule has 82 valence electrons. The van der Waals surface area contributed by atoms with Crippen LogP contribution in [-0.2, 0) is 0 Å². The normalized spacial score (nSPS) is 17.5. The minimum atomic E-state index is 0.0841. The second kappa shape index (κ2) is 4.28. The van der Waals surface area contributed by atoms with E-state index in [-0.39, 0.29) is 12.0 Å². The van der Waals surface area contributed by atoms with Gasteiger partial charge in [0.25, 0.3) is 0 Å². The zero-order chi connectivity index (χ0) is 10.9. The highest BCUT2D eigenvalue weighted by molar-refractivity contribution is 9.10. The maximum atomic E-state index is 9.15. The van der Waals surface area contributed by atoms with Crippen LogP contribution < -0.4 is 5.32 Å². The maximum Gasteiger partial charge on any atom is 0.140 e. The molecule has 0 radical (unpaired) electrons. The van der Waals surface area contributed by atoms with E-state index < -0.39 is 0 Å². The van der Waals surface area contributed by atoms with Gasteiger partial charge in [-0.2, -0.15) is 0 Å². The molecule has 0 saturated heterocycles. The maximum absolute atomic E-state index is 9.15. The third-order valence-electron chi connectivity index (χ3n) is 2.73. The molecule has 15 heavy (non-hydrogen) atoms. The molecule has 1 aliphatic rings. The number of nitrogens with one attached hydrogen (secondary N) is 1. The molecule has 0 amide bonds. The van der Waals surface area contributed by atoms with Crippen LogP contribution in [0.15, 0.2) is 16.7 Å². The first kappa shape index (κ1) is 11.2. The van der Waals surface area contributed by atoms with Gasteiger partial charge in [-0.3, -0.25) is 0 Å². The second-order valence-electron chi connectivity index (χ2n) is 4.00. The lowest BCUT2D eigenvalue weighted by molar-refractivity contribution is 0.219. The van der Waals surface area contributed by atoms with E-state index in [0.29, 0.717) is 5.02 Å². The molecule has 1 fully saturated rings. The fourth-order valence-corrected chi connectivity index (χ4v) is 2.16. The van der Waals surface area contributed by atoms with Crippen molar-refractivity contribution in [3.63, 3.8) is 0 Å². The molecule has 5 heteroatoms. The molecule has 1 aromatic rings. The van der Waals surface area contributed by atoms with Gasteiger partial charge in [0.2, 0.25) is 0 Å². The molecule has 0 atom stereocenters. The Morgan fingerprint density at radius 1 is 1.60 bits per heavy atom. The molecule has 2 rings (SSSR count). The highest BCUT2D eigenvalue weighted by Crippen LogP contribution is 2.45. The topological polar surface area (TPSA) is 45.1 Å². The third kappa shape index (κ3) is 2.62. The minimum absolute atomic E-state index is 0.0841. The van der Waals surface area contributed by atoms with Crippen LogP contribution in [0.3, 0.4) is 0 Å². The van der Waals surface area contributed by atoms with E-state index in [1.54, 1.807) is 12.3 Å². The molecule has 0 unspecified atom stereocenters. The Bertz CT molecular complexity index is 368. The highest BCUT2D eigenvalue weighted by Gasteiger charge is 2.41. The number of aromatic nitrogens is 1. The lowest BCUT2D eigenvalue weighted by atomic mass is 10.1. The Hall–Kier alpha value is -0.320. The summed E-state index contributed by atoms with van der Waals surface area (Å²) < 4.78 is 0.851. The average molecular weight is 292 g/mol. The van der Waals surface area contributed by atoms with Crippen LogP contribution >= 0.6 is 27.5 Å². The molecular weight excluding hydrogens is 279 g/mol. The molecule has 1 heterocycles. The van der Waals surface area contributed by atoms with Gasteiger partial charge in [0, 0.05) is 18.2 Å². The first-order chi connectivity index (χ1) is 7.15. The number of aliphatic hydroxyl groups excluding tert-OH is 1. The summed E-state index contributed by atoms with van der Waals surface area (Å²) in [6.45, 7) is 1.00. The highest BCUT2D eigenvalue weighted by atomic mass is 79.9. The lowest BCUT2D eigenvalue weighted by Crippen LogP contribution is -2.19. The number of halogens is 2. The number of aliphatic hydroxyl groups is 1. The number of hydrogen-bond acceptors (Lipinski definition) is 3. The SMILES string of the molecule is OCC1(CNc2ncc(Cl)cc2Br)CC1. The van der Waals surface area contributed by atoms with E-state index in [4.69, 9.17) is 16.7 Å². The van der Waals surface area contributed by atoms with E-state index in [2.05, 4.69) is 26.2 Å². The average Bonchev–Trinajstić information content (AvgIpc) is 2.97. The molecular formula is C10H12BrClN2O. The molecule has 3 nitrogen and oxygen atoms in total. The van der Waals surface area contributed by atoms with Crippen molar-refractivity contribution in [2.45, 2.75) is 12.8 Å². The Balaban J connectivity index is 1.99. The number of nitrogens with zero attached hydrogens (tertiary/aromatic N) is 1. The van der Waals surface area contributed by atoms with Gasteiger partial charge in [-0.15, -0.1) is 0 Å². The zero-order valence-electron chi connectivity index (χ0n) is 8.13. The van der Waals surface area contributed by atoms with E-state index in [9.17, 15) is 0 Å². The third-order valence-corrected chi connectivity index (χ3v) is 3.54. The fourth-order valence-electron chi connectivity index (χ4n) is 1.38. The number of hydrogen-bond donors (Lipinski definition) is 2. The molecule has 0 bridgehead atoms. The molecule has 1 aromatic heterocycles. The van der Waals surface area contributed by atoms with E-state index in [0.717, 1.165) is 29.7 Å². The summed E-state index contributed by atoms with van der Waals surface area (Å²) in [7, 11) is 0. The number of pyridine rings is 1.